The Morgan fingerprint density at radius 3 is 2.34 bits per heavy atom. The van der Waals surface area contributed by atoms with E-state index in [-0.39, 0.29) is 27.6 Å². The van der Waals surface area contributed by atoms with Crippen molar-refractivity contribution in [1.29, 1.82) is 0 Å². The highest BCUT2D eigenvalue weighted by Crippen LogP contribution is 2.37. The van der Waals surface area contributed by atoms with E-state index in [2.05, 4.69) is 5.32 Å². The molecule has 0 aliphatic carbocycles. The first-order valence-corrected chi connectivity index (χ1v) is 9.60. The van der Waals surface area contributed by atoms with E-state index >= 15 is 0 Å². The molecule has 0 atom stereocenters. The molecular weight excluding hydrogens is 391 g/mol. The van der Waals surface area contributed by atoms with Gasteiger partial charge in [0.1, 0.15) is 15.6 Å². The lowest BCUT2D eigenvalue weighted by Gasteiger charge is -2.07. The van der Waals surface area contributed by atoms with Gasteiger partial charge in [-0.05, 0) is 30.3 Å². The molecule has 0 saturated heterocycles. The number of ketones is 1. The van der Waals surface area contributed by atoms with Gasteiger partial charge in [-0.3, -0.25) is 19.0 Å². The van der Waals surface area contributed by atoms with Crippen LogP contribution < -0.4 is 10.9 Å². The van der Waals surface area contributed by atoms with Crippen molar-refractivity contribution in [1.82, 2.24) is 4.57 Å². The van der Waals surface area contributed by atoms with Crippen LogP contribution in [0.5, 0.6) is 0 Å². The van der Waals surface area contributed by atoms with Crippen LogP contribution in [0.15, 0.2) is 71.5 Å². The number of carbonyl (C=O) groups excluding carboxylic acids is 2. The normalized spacial score (nSPS) is 10.8. The highest BCUT2D eigenvalue weighted by molar-refractivity contribution is 7.23. The fourth-order valence-corrected chi connectivity index (χ4v) is 4.42. The Morgan fingerprint density at radius 2 is 1.66 bits per heavy atom. The van der Waals surface area contributed by atoms with Crippen LogP contribution in [-0.4, -0.2) is 16.3 Å². The smallest absolute Gasteiger partial charge is 0.256 e. The summed E-state index contributed by atoms with van der Waals surface area (Å²) in [7, 11) is 0. The Labute approximate surface area is 169 Å². The molecule has 5 nitrogen and oxygen atoms in total. The standard InChI is InChI=1S/C22H15FN2O3S/c1-13(26)24-21-19(20(28)15-9-5-6-10-17(15)23)16-11-12-18(27)25(22(16)29-21)14-7-3-2-4-8-14/h2-12H,1H3,(H,24,26). The summed E-state index contributed by atoms with van der Waals surface area (Å²) in [4.78, 5) is 38.0. The van der Waals surface area contributed by atoms with E-state index in [9.17, 15) is 18.8 Å². The molecule has 0 saturated carbocycles. The number of hydrogen-bond acceptors (Lipinski definition) is 4. The zero-order chi connectivity index (χ0) is 20.5. The molecule has 2 heterocycles. The summed E-state index contributed by atoms with van der Waals surface area (Å²) in [5.74, 6) is -1.58. The van der Waals surface area contributed by atoms with Crippen molar-refractivity contribution in [3.8, 4) is 5.69 Å². The monoisotopic (exact) mass is 406 g/mol. The van der Waals surface area contributed by atoms with Crippen LogP contribution in [-0.2, 0) is 4.79 Å². The molecule has 2 aromatic carbocycles. The first kappa shape index (κ1) is 18.8. The minimum absolute atomic E-state index is 0.101. The van der Waals surface area contributed by atoms with Crippen LogP contribution in [0.3, 0.4) is 0 Å². The molecule has 0 spiro atoms. The molecule has 0 aliphatic heterocycles. The van der Waals surface area contributed by atoms with Crippen molar-refractivity contribution in [2.75, 3.05) is 5.32 Å². The predicted octanol–water partition coefficient (Wildman–Crippen LogP) is 4.38. The second-order valence-corrected chi connectivity index (χ2v) is 7.36. The maximum atomic E-state index is 14.3. The van der Waals surface area contributed by atoms with Gasteiger partial charge in [-0.2, -0.15) is 0 Å². The summed E-state index contributed by atoms with van der Waals surface area (Å²) in [6.45, 7) is 1.33. The minimum Gasteiger partial charge on any atom is -0.317 e. The number of hydrogen-bond donors (Lipinski definition) is 1. The van der Waals surface area contributed by atoms with E-state index in [1.807, 2.05) is 6.07 Å². The van der Waals surface area contributed by atoms with Gasteiger partial charge in [-0.15, -0.1) is 0 Å². The number of pyridine rings is 1. The maximum Gasteiger partial charge on any atom is 0.256 e. The number of aromatic nitrogens is 1. The first-order chi connectivity index (χ1) is 14.0. The first-order valence-electron chi connectivity index (χ1n) is 8.78. The molecule has 4 aromatic rings. The molecule has 1 N–H and O–H groups in total. The van der Waals surface area contributed by atoms with Gasteiger partial charge in [0.25, 0.3) is 5.56 Å². The molecular formula is C22H15FN2O3S. The van der Waals surface area contributed by atoms with Gasteiger partial charge in [0.15, 0.2) is 5.78 Å². The van der Waals surface area contributed by atoms with Crippen molar-refractivity contribution in [2.24, 2.45) is 0 Å². The van der Waals surface area contributed by atoms with Gasteiger partial charge in [0.2, 0.25) is 5.91 Å². The van der Waals surface area contributed by atoms with Gasteiger partial charge in [-0.1, -0.05) is 41.7 Å². The van der Waals surface area contributed by atoms with Gasteiger partial charge in [-0.25, -0.2) is 4.39 Å². The van der Waals surface area contributed by atoms with Crippen molar-refractivity contribution in [2.45, 2.75) is 6.92 Å². The quantitative estimate of drug-likeness (QED) is 0.512. The topological polar surface area (TPSA) is 68.2 Å². The summed E-state index contributed by atoms with van der Waals surface area (Å²) < 4.78 is 15.8. The van der Waals surface area contributed by atoms with Crippen LogP contribution in [0, 0.1) is 5.82 Å². The second kappa shape index (κ2) is 7.44. The molecule has 7 heteroatoms. The number of halogens is 1. The average Bonchev–Trinajstić information content (AvgIpc) is 3.05. The predicted molar refractivity (Wildman–Crippen MR) is 112 cm³/mol. The van der Waals surface area contributed by atoms with Gasteiger partial charge in [0.05, 0.1) is 16.8 Å². The summed E-state index contributed by atoms with van der Waals surface area (Å²) in [5, 5.41) is 3.39. The number of rotatable bonds is 4. The van der Waals surface area contributed by atoms with Crippen molar-refractivity contribution in [3.05, 3.63) is 94.0 Å². The molecule has 0 fully saturated rings. The molecule has 0 aliphatic rings. The number of nitrogens with zero attached hydrogens (tertiary/aromatic N) is 1. The Morgan fingerprint density at radius 1 is 0.966 bits per heavy atom. The van der Waals surface area contributed by atoms with Gasteiger partial charge < -0.3 is 5.32 Å². The molecule has 0 radical (unpaired) electrons. The second-order valence-electron chi connectivity index (χ2n) is 6.36. The lowest BCUT2D eigenvalue weighted by Crippen LogP contribution is -2.16. The molecule has 29 heavy (non-hydrogen) atoms. The number of amides is 1. The van der Waals surface area contributed by atoms with E-state index in [0.717, 1.165) is 11.3 Å². The van der Waals surface area contributed by atoms with Crippen LogP contribution >= 0.6 is 11.3 Å². The van der Waals surface area contributed by atoms with Gasteiger partial charge in [0, 0.05) is 18.4 Å². The number of carbonyl (C=O) groups is 2. The third kappa shape index (κ3) is 3.36. The van der Waals surface area contributed by atoms with E-state index in [4.69, 9.17) is 0 Å². The number of para-hydroxylation sites is 1. The summed E-state index contributed by atoms with van der Waals surface area (Å²) >= 11 is 1.10. The summed E-state index contributed by atoms with van der Waals surface area (Å²) in [6.07, 6.45) is 0. The van der Waals surface area contributed by atoms with E-state index < -0.39 is 11.6 Å². The number of fused-ring (bicyclic) bond motifs is 1. The van der Waals surface area contributed by atoms with Crippen molar-refractivity contribution in [3.63, 3.8) is 0 Å². The molecule has 4 rings (SSSR count). The molecule has 1 amide bonds. The largest absolute Gasteiger partial charge is 0.317 e. The van der Waals surface area contributed by atoms with Gasteiger partial charge >= 0.3 is 0 Å². The van der Waals surface area contributed by atoms with E-state index in [1.54, 1.807) is 30.3 Å². The highest BCUT2D eigenvalue weighted by atomic mass is 32.1. The number of thiophene rings is 1. The lowest BCUT2D eigenvalue weighted by atomic mass is 10.0. The third-order valence-corrected chi connectivity index (χ3v) is 5.50. The van der Waals surface area contributed by atoms with Crippen LogP contribution in [0.2, 0.25) is 0 Å². The molecule has 0 unspecified atom stereocenters. The number of anilines is 1. The average molecular weight is 406 g/mol. The minimum atomic E-state index is -0.651. The van der Waals surface area contributed by atoms with Crippen LogP contribution in [0.4, 0.5) is 9.39 Å². The fourth-order valence-electron chi connectivity index (χ4n) is 3.16. The third-order valence-electron chi connectivity index (χ3n) is 4.39. The fraction of sp³-hybridized carbons (Fsp3) is 0.0455. The highest BCUT2D eigenvalue weighted by Gasteiger charge is 2.25. The van der Waals surface area contributed by atoms with Crippen LogP contribution in [0.1, 0.15) is 22.8 Å². The summed E-state index contributed by atoms with van der Waals surface area (Å²) in [6, 6.07) is 17.6. The zero-order valence-corrected chi connectivity index (χ0v) is 16.1. The Bertz CT molecular complexity index is 1310. The van der Waals surface area contributed by atoms with Crippen LogP contribution in [0.25, 0.3) is 15.9 Å². The summed E-state index contributed by atoms with van der Waals surface area (Å²) in [5.41, 5.74) is 0.416. The Kier molecular flexibility index (Phi) is 4.82. The molecule has 0 bridgehead atoms. The SMILES string of the molecule is CC(=O)Nc1sc2c(ccc(=O)n2-c2ccccc2)c1C(=O)c1ccccc1F. The van der Waals surface area contributed by atoms with Crippen molar-refractivity contribution >= 4 is 38.2 Å². The molecule has 2 aromatic heterocycles. The zero-order valence-electron chi connectivity index (χ0n) is 15.3. The van der Waals surface area contributed by atoms with Crippen molar-refractivity contribution < 1.29 is 14.0 Å². The van der Waals surface area contributed by atoms with E-state index in [1.165, 1.54) is 41.8 Å². The Hall–Kier alpha value is -3.58. The Balaban J connectivity index is 2.03. The lowest BCUT2D eigenvalue weighted by molar-refractivity contribution is -0.114. The number of nitrogens with one attached hydrogen (secondary N) is 1. The number of benzene rings is 2. The molecule has 144 valence electrons. The van der Waals surface area contributed by atoms with E-state index in [0.29, 0.717) is 15.9 Å². The maximum absolute atomic E-state index is 14.3.